The first-order valence-electron chi connectivity index (χ1n) is 9.81. The van der Waals surface area contributed by atoms with E-state index in [2.05, 4.69) is 42.2 Å². The minimum atomic E-state index is -0.414. The predicted molar refractivity (Wildman–Crippen MR) is 103 cm³/mol. The Morgan fingerprint density at radius 1 is 1.19 bits per heavy atom. The van der Waals surface area contributed by atoms with Crippen molar-refractivity contribution >= 4 is 11.8 Å². The lowest BCUT2D eigenvalue weighted by molar-refractivity contribution is -0.142. The van der Waals surface area contributed by atoms with E-state index < -0.39 is 5.91 Å². The zero-order valence-corrected chi connectivity index (χ0v) is 15.8. The molecule has 1 spiro atoms. The topological polar surface area (TPSA) is 66.6 Å². The molecule has 3 rings (SSSR count). The van der Waals surface area contributed by atoms with Crippen LogP contribution in [0.3, 0.4) is 0 Å². The summed E-state index contributed by atoms with van der Waals surface area (Å²) < 4.78 is 0. The van der Waals surface area contributed by atoms with Crippen LogP contribution in [0, 0.1) is 5.41 Å². The van der Waals surface area contributed by atoms with Crippen LogP contribution < -0.4 is 5.73 Å². The van der Waals surface area contributed by atoms with Crippen molar-refractivity contribution < 1.29 is 9.59 Å². The molecule has 2 amide bonds. The number of benzene rings is 1. The summed E-state index contributed by atoms with van der Waals surface area (Å²) in [5.74, 6) is 0.238. The number of carbonyl (C=O) groups excluding carboxylic acids is 2. The maximum absolute atomic E-state index is 12.0. The van der Waals surface area contributed by atoms with Crippen LogP contribution in [0.2, 0.25) is 0 Å². The summed E-state index contributed by atoms with van der Waals surface area (Å²) in [7, 11) is 0. The Labute approximate surface area is 156 Å². The zero-order chi connectivity index (χ0) is 18.6. The fraction of sp³-hybridized carbons (Fsp3) is 0.619. The van der Waals surface area contributed by atoms with Crippen molar-refractivity contribution in [3.63, 3.8) is 0 Å². The highest BCUT2D eigenvalue weighted by molar-refractivity contribution is 5.84. The molecule has 0 bridgehead atoms. The Kier molecular flexibility index (Phi) is 5.97. The van der Waals surface area contributed by atoms with E-state index in [4.69, 9.17) is 5.73 Å². The molecule has 0 saturated carbocycles. The van der Waals surface area contributed by atoms with E-state index in [9.17, 15) is 9.59 Å². The number of likely N-dealkylation sites (tertiary alicyclic amines) is 2. The molecule has 0 unspecified atom stereocenters. The quantitative estimate of drug-likeness (QED) is 0.850. The summed E-state index contributed by atoms with van der Waals surface area (Å²) in [5, 5.41) is 0. The smallest absolute Gasteiger partial charge is 0.237 e. The van der Waals surface area contributed by atoms with E-state index in [1.807, 2.05) is 0 Å². The van der Waals surface area contributed by atoms with Crippen LogP contribution in [0.1, 0.15) is 50.5 Å². The highest BCUT2D eigenvalue weighted by Crippen LogP contribution is 2.40. The van der Waals surface area contributed by atoms with Crippen molar-refractivity contribution in [3.05, 3.63) is 35.9 Å². The SMILES string of the molecule is C[C@H](CCN1CCC2(CCC(=O)N(CC(N)=O)C2)CC1)c1ccccc1. The van der Waals surface area contributed by atoms with Crippen LogP contribution in [-0.2, 0) is 9.59 Å². The number of carbonyl (C=O) groups is 2. The first-order valence-corrected chi connectivity index (χ1v) is 9.81. The molecule has 1 aromatic carbocycles. The van der Waals surface area contributed by atoms with Gasteiger partial charge in [-0.05, 0) is 62.2 Å². The average Bonchev–Trinajstić information content (AvgIpc) is 2.64. The second-order valence-corrected chi connectivity index (χ2v) is 8.16. The summed E-state index contributed by atoms with van der Waals surface area (Å²) in [6.45, 7) is 6.35. The number of nitrogens with two attached hydrogens (primary N) is 1. The second kappa shape index (κ2) is 8.21. The monoisotopic (exact) mass is 357 g/mol. The van der Waals surface area contributed by atoms with Gasteiger partial charge in [-0.15, -0.1) is 0 Å². The summed E-state index contributed by atoms with van der Waals surface area (Å²) in [6, 6.07) is 10.7. The first kappa shape index (κ1) is 18.9. The van der Waals surface area contributed by atoms with E-state index >= 15 is 0 Å². The van der Waals surface area contributed by atoms with Gasteiger partial charge < -0.3 is 15.5 Å². The Balaban J connectivity index is 1.48. The number of hydrogen-bond acceptors (Lipinski definition) is 3. The molecule has 5 nitrogen and oxygen atoms in total. The maximum atomic E-state index is 12.0. The van der Waals surface area contributed by atoms with Crippen molar-refractivity contribution in [2.24, 2.45) is 11.1 Å². The number of amides is 2. The molecule has 0 aliphatic carbocycles. The lowest BCUT2D eigenvalue weighted by Gasteiger charge is -2.47. The van der Waals surface area contributed by atoms with Gasteiger partial charge in [0.25, 0.3) is 0 Å². The lowest BCUT2D eigenvalue weighted by atomic mass is 9.72. The van der Waals surface area contributed by atoms with E-state index in [-0.39, 0.29) is 17.9 Å². The summed E-state index contributed by atoms with van der Waals surface area (Å²) in [4.78, 5) is 27.5. The second-order valence-electron chi connectivity index (χ2n) is 8.16. The molecule has 0 radical (unpaired) electrons. The van der Waals surface area contributed by atoms with Crippen molar-refractivity contribution in [1.82, 2.24) is 9.80 Å². The largest absolute Gasteiger partial charge is 0.368 e. The molecule has 142 valence electrons. The third kappa shape index (κ3) is 4.64. The van der Waals surface area contributed by atoms with Gasteiger partial charge in [0.2, 0.25) is 11.8 Å². The Hall–Kier alpha value is -1.88. The summed E-state index contributed by atoms with van der Waals surface area (Å²) in [5.41, 5.74) is 6.90. The fourth-order valence-corrected chi connectivity index (χ4v) is 4.42. The first-order chi connectivity index (χ1) is 12.5. The maximum Gasteiger partial charge on any atom is 0.237 e. The van der Waals surface area contributed by atoms with E-state index in [1.165, 1.54) is 12.0 Å². The molecular formula is C21H31N3O2. The van der Waals surface area contributed by atoms with Gasteiger partial charge in [-0.25, -0.2) is 0 Å². The van der Waals surface area contributed by atoms with Gasteiger partial charge in [-0.2, -0.15) is 0 Å². The van der Waals surface area contributed by atoms with Crippen molar-refractivity contribution in [1.29, 1.82) is 0 Å². The number of piperidine rings is 2. The molecule has 1 aromatic rings. The Morgan fingerprint density at radius 3 is 2.54 bits per heavy atom. The normalized spacial score (nSPS) is 21.7. The van der Waals surface area contributed by atoms with E-state index in [0.29, 0.717) is 18.9 Å². The predicted octanol–water partition coefficient (Wildman–Crippen LogP) is 2.37. The van der Waals surface area contributed by atoms with Crippen LogP contribution in [0.5, 0.6) is 0 Å². The van der Waals surface area contributed by atoms with Crippen molar-refractivity contribution in [2.75, 3.05) is 32.7 Å². The van der Waals surface area contributed by atoms with Crippen molar-refractivity contribution in [2.45, 2.75) is 44.9 Å². The molecule has 2 aliphatic rings. The third-order valence-corrected chi connectivity index (χ3v) is 6.26. The molecule has 2 saturated heterocycles. The molecule has 2 N–H and O–H groups in total. The molecule has 2 aliphatic heterocycles. The van der Waals surface area contributed by atoms with E-state index in [0.717, 1.165) is 38.9 Å². The molecule has 0 aromatic heterocycles. The molecule has 2 fully saturated rings. The van der Waals surface area contributed by atoms with Gasteiger partial charge in [-0.3, -0.25) is 9.59 Å². The van der Waals surface area contributed by atoms with Crippen LogP contribution in [0.25, 0.3) is 0 Å². The highest BCUT2D eigenvalue weighted by atomic mass is 16.2. The van der Waals surface area contributed by atoms with Gasteiger partial charge in [0.1, 0.15) is 0 Å². The number of nitrogens with zero attached hydrogens (tertiary/aromatic N) is 2. The molecule has 2 heterocycles. The van der Waals surface area contributed by atoms with Crippen LogP contribution in [0.15, 0.2) is 30.3 Å². The fourth-order valence-electron chi connectivity index (χ4n) is 4.42. The Morgan fingerprint density at radius 2 is 1.88 bits per heavy atom. The van der Waals surface area contributed by atoms with Gasteiger partial charge in [0, 0.05) is 13.0 Å². The van der Waals surface area contributed by atoms with Gasteiger partial charge in [-0.1, -0.05) is 37.3 Å². The average molecular weight is 357 g/mol. The van der Waals surface area contributed by atoms with Crippen LogP contribution in [-0.4, -0.2) is 54.3 Å². The highest BCUT2D eigenvalue weighted by Gasteiger charge is 2.41. The van der Waals surface area contributed by atoms with Crippen molar-refractivity contribution in [3.8, 4) is 0 Å². The summed E-state index contributed by atoms with van der Waals surface area (Å²) >= 11 is 0. The van der Waals surface area contributed by atoms with E-state index in [1.54, 1.807) is 4.90 Å². The molecule has 26 heavy (non-hydrogen) atoms. The minimum Gasteiger partial charge on any atom is -0.368 e. The molecular weight excluding hydrogens is 326 g/mol. The van der Waals surface area contributed by atoms with Crippen LogP contribution >= 0.6 is 0 Å². The number of hydrogen-bond donors (Lipinski definition) is 1. The zero-order valence-electron chi connectivity index (χ0n) is 15.8. The summed E-state index contributed by atoms with van der Waals surface area (Å²) in [6.07, 6.45) is 4.89. The standard InChI is InChI=1S/C21H31N3O2/c1-17(18-5-3-2-4-6-18)8-12-23-13-10-21(11-14-23)9-7-20(26)24(16-21)15-19(22)25/h2-6,17H,7-16H2,1H3,(H2,22,25)/t17-/m1/s1. The minimum absolute atomic E-state index is 0.0683. The van der Waals surface area contributed by atoms with Gasteiger partial charge in [0.05, 0.1) is 6.54 Å². The third-order valence-electron chi connectivity index (χ3n) is 6.26. The molecule has 1 atom stereocenters. The lowest BCUT2D eigenvalue weighted by Crippen LogP contribution is -2.53. The number of primary amides is 1. The van der Waals surface area contributed by atoms with Gasteiger partial charge >= 0.3 is 0 Å². The number of rotatable bonds is 6. The Bertz CT molecular complexity index is 623. The molecule has 5 heteroatoms. The van der Waals surface area contributed by atoms with Gasteiger partial charge in [0.15, 0.2) is 0 Å². The van der Waals surface area contributed by atoms with Crippen LogP contribution in [0.4, 0.5) is 0 Å².